The van der Waals surface area contributed by atoms with Gasteiger partial charge >= 0.3 is 11.9 Å². The number of carbonyl (C=O) groups excluding carboxylic acids is 4. The summed E-state index contributed by atoms with van der Waals surface area (Å²) in [5, 5.41) is 8.61. The van der Waals surface area contributed by atoms with Gasteiger partial charge in [-0.2, -0.15) is 0 Å². The van der Waals surface area contributed by atoms with Gasteiger partial charge in [0.1, 0.15) is 5.76 Å². The number of esters is 2. The van der Waals surface area contributed by atoms with Gasteiger partial charge in [-0.05, 0) is 37.1 Å². The smallest absolute Gasteiger partial charge is 0.338 e. The van der Waals surface area contributed by atoms with E-state index in [4.69, 9.17) is 14.0 Å². The predicted octanol–water partition coefficient (Wildman–Crippen LogP) is 2.70. The van der Waals surface area contributed by atoms with E-state index in [0.717, 1.165) is 0 Å². The summed E-state index contributed by atoms with van der Waals surface area (Å²) in [5.74, 6) is -1.12. The number of anilines is 2. The number of hydrogen-bond acceptors (Lipinski definition) is 8. The van der Waals surface area contributed by atoms with Crippen molar-refractivity contribution in [2.75, 3.05) is 23.8 Å². The minimum Gasteiger partial charge on any atom is -0.462 e. The normalized spacial score (nSPS) is 10.5. The number of ether oxygens (including phenoxy) is 2. The molecule has 0 unspecified atom stereocenters. The third-order valence-corrected chi connectivity index (χ3v) is 3.77. The van der Waals surface area contributed by atoms with E-state index in [2.05, 4.69) is 15.8 Å². The number of aryl methyl sites for hydroxylation is 1. The molecule has 1 aromatic carbocycles. The summed E-state index contributed by atoms with van der Waals surface area (Å²) in [5.41, 5.74) is 0.849. The van der Waals surface area contributed by atoms with Crippen LogP contribution in [0.5, 0.6) is 0 Å². The first kappa shape index (κ1) is 23.6. The quantitative estimate of drug-likeness (QED) is 0.548. The van der Waals surface area contributed by atoms with Crippen LogP contribution in [0.15, 0.2) is 34.9 Å². The monoisotopic (exact) mass is 431 g/mol. The van der Waals surface area contributed by atoms with Gasteiger partial charge < -0.3 is 24.6 Å². The number of aromatic nitrogens is 1. The first-order valence-corrected chi connectivity index (χ1v) is 9.68. The van der Waals surface area contributed by atoms with Crippen molar-refractivity contribution in [3.63, 3.8) is 0 Å². The van der Waals surface area contributed by atoms with Crippen molar-refractivity contribution in [1.29, 1.82) is 0 Å². The zero-order valence-corrected chi connectivity index (χ0v) is 17.6. The molecular weight excluding hydrogens is 406 g/mol. The lowest BCUT2D eigenvalue weighted by Crippen LogP contribution is -2.22. The number of amides is 2. The molecule has 0 aliphatic heterocycles. The topological polar surface area (TPSA) is 137 Å². The van der Waals surface area contributed by atoms with Gasteiger partial charge in [0.15, 0.2) is 12.4 Å². The van der Waals surface area contributed by atoms with E-state index < -0.39 is 30.4 Å². The van der Waals surface area contributed by atoms with Crippen LogP contribution in [0.2, 0.25) is 0 Å². The van der Waals surface area contributed by atoms with Crippen LogP contribution in [0.1, 0.15) is 42.8 Å². The molecule has 166 valence electrons. The van der Waals surface area contributed by atoms with Gasteiger partial charge in [-0.3, -0.25) is 14.4 Å². The minimum atomic E-state index is -0.690. The van der Waals surface area contributed by atoms with Crippen LogP contribution in [-0.4, -0.2) is 42.1 Å². The van der Waals surface area contributed by atoms with E-state index in [1.54, 1.807) is 31.2 Å². The van der Waals surface area contributed by atoms with Gasteiger partial charge in [-0.1, -0.05) is 19.0 Å². The molecule has 0 saturated carbocycles. The van der Waals surface area contributed by atoms with Gasteiger partial charge in [-0.25, -0.2) is 4.79 Å². The molecular formula is C21H25N3O7. The van der Waals surface area contributed by atoms with Crippen molar-refractivity contribution in [3.05, 3.63) is 41.7 Å². The van der Waals surface area contributed by atoms with Crippen LogP contribution in [0, 0.1) is 12.8 Å². The second-order valence-electron chi connectivity index (χ2n) is 7.15. The summed E-state index contributed by atoms with van der Waals surface area (Å²) in [6, 6.07) is 7.74. The molecule has 10 heteroatoms. The molecule has 0 saturated heterocycles. The molecule has 1 aromatic heterocycles. The zero-order chi connectivity index (χ0) is 22.8. The fraction of sp³-hybridized carbons (Fsp3) is 0.381. The van der Waals surface area contributed by atoms with Crippen molar-refractivity contribution in [2.45, 2.75) is 33.6 Å². The second kappa shape index (κ2) is 11.5. The Morgan fingerprint density at radius 1 is 1.00 bits per heavy atom. The third kappa shape index (κ3) is 8.69. The van der Waals surface area contributed by atoms with E-state index in [9.17, 15) is 19.2 Å². The van der Waals surface area contributed by atoms with Crippen molar-refractivity contribution >= 4 is 35.3 Å². The lowest BCUT2D eigenvalue weighted by atomic mass is 10.2. The van der Waals surface area contributed by atoms with Crippen molar-refractivity contribution < 1.29 is 33.2 Å². The highest BCUT2D eigenvalue weighted by Gasteiger charge is 2.13. The van der Waals surface area contributed by atoms with Gasteiger partial charge in [0.05, 0.1) is 18.6 Å². The van der Waals surface area contributed by atoms with Gasteiger partial charge in [0.2, 0.25) is 5.91 Å². The highest BCUT2D eigenvalue weighted by Crippen LogP contribution is 2.12. The lowest BCUT2D eigenvalue weighted by Gasteiger charge is -2.08. The number of benzene rings is 1. The number of nitrogens with one attached hydrogen (secondary N) is 2. The number of nitrogens with zero attached hydrogens (tertiary/aromatic N) is 1. The van der Waals surface area contributed by atoms with Crippen LogP contribution < -0.4 is 10.6 Å². The molecule has 0 atom stereocenters. The van der Waals surface area contributed by atoms with Gasteiger partial charge in [0, 0.05) is 18.2 Å². The fourth-order valence-electron chi connectivity index (χ4n) is 2.28. The maximum absolute atomic E-state index is 12.0. The van der Waals surface area contributed by atoms with Crippen LogP contribution in [0.4, 0.5) is 11.5 Å². The lowest BCUT2D eigenvalue weighted by molar-refractivity contribution is -0.147. The van der Waals surface area contributed by atoms with Crippen LogP contribution in [0.3, 0.4) is 0 Å². The maximum Gasteiger partial charge on any atom is 0.338 e. The average Bonchev–Trinajstić information content (AvgIpc) is 3.13. The second-order valence-corrected chi connectivity index (χ2v) is 7.15. The van der Waals surface area contributed by atoms with E-state index in [0.29, 0.717) is 23.6 Å². The highest BCUT2D eigenvalue weighted by molar-refractivity contribution is 5.95. The summed E-state index contributed by atoms with van der Waals surface area (Å²) in [6.07, 6.45) is -0.317. The van der Waals surface area contributed by atoms with Crippen molar-refractivity contribution in [2.24, 2.45) is 5.92 Å². The highest BCUT2D eigenvalue weighted by atomic mass is 16.5. The SMILES string of the molecule is Cc1cc(NC(=O)COC(=O)CCC(=O)Nc2ccc(C(=O)OCC(C)C)cc2)no1. The Kier molecular flexibility index (Phi) is 8.74. The Balaban J connectivity index is 1.68. The van der Waals surface area contributed by atoms with Crippen LogP contribution in [0.25, 0.3) is 0 Å². The molecule has 2 rings (SSSR count). The van der Waals surface area contributed by atoms with Crippen molar-refractivity contribution in [1.82, 2.24) is 5.16 Å². The molecule has 0 fully saturated rings. The average molecular weight is 431 g/mol. The van der Waals surface area contributed by atoms with E-state index in [-0.39, 0.29) is 24.6 Å². The summed E-state index contributed by atoms with van der Waals surface area (Å²) in [7, 11) is 0. The number of hydrogen-bond donors (Lipinski definition) is 2. The van der Waals surface area contributed by atoms with Gasteiger partial charge in [-0.15, -0.1) is 0 Å². The van der Waals surface area contributed by atoms with Crippen LogP contribution in [-0.2, 0) is 23.9 Å². The molecule has 1 heterocycles. The molecule has 0 aliphatic rings. The van der Waals surface area contributed by atoms with Crippen molar-refractivity contribution in [3.8, 4) is 0 Å². The van der Waals surface area contributed by atoms with Gasteiger partial charge in [0.25, 0.3) is 5.91 Å². The molecule has 2 aromatic rings. The molecule has 31 heavy (non-hydrogen) atoms. The predicted molar refractivity (Wildman–Crippen MR) is 110 cm³/mol. The molecule has 0 aliphatic carbocycles. The minimum absolute atomic E-state index is 0.124. The van der Waals surface area contributed by atoms with E-state index >= 15 is 0 Å². The standard InChI is InChI=1S/C21H25N3O7/c1-13(2)11-30-21(28)15-4-6-16(7-5-15)22-18(25)8-9-20(27)29-12-19(26)23-17-10-14(3)31-24-17/h4-7,10,13H,8-9,11-12H2,1-3H3,(H,22,25)(H,23,24,26). The molecule has 0 spiro atoms. The maximum atomic E-state index is 12.0. The number of rotatable bonds is 10. The summed E-state index contributed by atoms with van der Waals surface area (Å²) in [6.45, 7) is 5.38. The zero-order valence-electron chi connectivity index (χ0n) is 17.6. The Morgan fingerprint density at radius 3 is 2.32 bits per heavy atom. The molecule has 2 N–H and O–H groups in total. The van der Waals surface area contributed by atoms with Crippen LogP contribution >= 0.6 is 0 Å². The Labute approximate surface area is 179 Å². The summed E-state index contributed by atoms with van der Waals surface area (Å²) < 4.78 is 14.8. The summed E-state index contributed by atoms with van der Waals surface area (Å²) in [4.78, 5) is 47.3. The molecule has 2 amide bonds. The Hall–Kier alpha value is -3.69. The fourth-order valence-corrected chi connectivity index (χ4v) is 2.28. The Bertz CT molecular complexity index is 919. The third-order valence-electron chi connectivity index (χ3n) is 3.77. The van der Waals surface area contributed by atoms with E-state index in [1.807, 2.05) is 13.8 Å². The summed E-state index contributed by atoms with van der Waals surface area (Å²) >= 11 is 0. The van der Waals surface area contributed by atoms with E-state index in [1.165, 1.54) is 6.07 Å². The molecule has 0 radical (unpaired) electrons. The first-order valence-electron chi connectivity index (χ1n) is 9.68. The molecule has 10 nitrogen and oxygen atoms in total. The largest absolute Gasteiger partial charge is 0.462 e. The Morgan fingerprint density at radius 2 is 1.71 bits per heavy atom. The first-order chi connectivity index (χ1) is 14.7. The number of carbonyl (C=O) groups is 4. The molecule has 0 bridgehead atoms.